The average molecular weight is 306 g/mol. The van der Waals surface area contributed by atoms with E-state index in [1.165, 1.54) is 24.6 Å². The van der Waals surface area contributed by atoms with Crippen LogP contribution in [0.15, 0.2) is 28.1 Å². The second-order valence-corrected chi connectivity index (χ2v) is 6.34. The number of carbonyl (C=O) groups is 1. The summed E-state index contributed by atoms with van der Waals surface area (Å²) in [5, 5.41) is 7.30. The Labute approximate surface area is 127 Å². The summed E-state index contributed by atoms with van der Waals surface area (Å²) in [5.41, 5.74) is 0. The predicted molar refractivity (Wildman–Crippen MR) is 80.3 cm³/mol. The number of rotatable bonds is 6. The number of aromatic nitrogens is 3. The summed E-state index contributed by atoms with van der Waals surface area (Å²) in [6, 6.07) is 2.27. The molecule has 1 atom stereocenters. The van der Waals surface area contributed by atoms with Crippen LogP contribution in [0.1, 0.15) is 38.0 Å². The van der Waals surface area contributed by atoms with Crippen LogP contribution >= 0.6 is 11.8 Å². The fraction of sp³-hybridized carbons (Fsp3) is 0.500. The molecule has 1 aliphatic rings. The van der Waals surface area contributed by atoms with Gasteiger partial charge in [-0.05, 0) is 26.2 Å². The Kier molecular flexibility index (Phi) is 4.01. The van der Waals surface area contributed by atoms with Crippen LogP contribution in [0.25, 0.3) is 0 Å². The van der Waals surface area contributed by atoms with E-state index in [1.807, 2.05) is 13.1 Å². The Hall–Kier alpha value is -1.76. The molecule has 112 valence electrons. The normalized spacial score (nSPS) is 15.9. The molecule has 3 rings (SSSR count). The molecule has 7 heteroatoms. The zero-order valence-corrected chi connectivity index (χ0v) is 12.9. The van der Waals surface area contributed by atoms with Crippen LogP contribution in [0.5, 0.6) is 0 Å². The number of thioether (sulfide) groups is 1. The van der Waals surface area contributed by atoms with E-state index >= 15 is 0 Å². The second-order valence-electron chi connectivity index (χ2n) is 5.18. The first-order chi connectivity index (χ1) is 10.2. The van der Waals surface area contributed by atoms with Crippen LogP contribution in [-0.4, -0.2) is 25.9 Å². The minimum absolute atomic E-state index is 0.0684. The highest BCUT2D eigenvalue weighted by molar-refractivity contribution is 8.00. The van der Waals surface area contributed by atoms with Gasteiger partial charge in [-0.15, -0.1) is 0 Å². The molecule has 0 spiro atoms. The van der Waals surface area contributed by atoms with Gasteiger partial charge in [-0.2, -0.15) is 0 Å². The summed E-state index contributed by atoms with van der Waals surface area (Å²) >= 11 is 1.51. The SMILES string of the molecule is CC[C@@H](Sc1nccn1C1CC1)C(=O)Nc1cc(C)on1. The molecule has 2 aromatic rings. The molecule has 0 radical (unpaired) electrons. The van der Waals surface area contributed by atoms with Gasteiger partial charge in [-0.1, -0.05) is 23.8 Å². The van der Waals surface area contributed by atoms with Crippen LogP contribution in [0.2, 0.25) is 0 Å². The number of hydrogen-bond acceptors (Lipinski definition) is 5. The van der Waals surface area contributed by atoms with Crippen molar-refractivity contribution in [3.8, 4) is 0 Å². The van der Waals surface area contributed by atoms with Crippen molar-refractivity contribution in [1.82, 2.24) is 14.7 Å². The van der Waals surface area contributed by atoms with Gasteiger partial charge in [0, 0.05) is 24.5 Å². The zero-order valence-electron chi connectivity index (χ0n) is 12.1. The highest BCUT2D eigenvalue weighted by atomic mass is 32.2. The third kappa shape index (κ3) is 3.29. The maximum atomic E-state index is 12.3. The van der Waals surface area contributed by atoms with Crippen molar-refractivity contribution in [3.05, 3.63) is 24.2 Å². The van der Waals surface area contributed by atoms with E-state index in [0.717, 1.165) is 11.6 Å². The summed E-state index contributed by atoms with van der Waals surface area (Å²) in [5.74, 6) is 1.07. The first-order valence-corrected chi connectivity index (χ1v) is 7.99. The molecular formula is C14H18N4O2S. The number of nitrogens with zero attached hydrogens (tertiary/aromatic N) is 3. The van der Waals surface area contributed by atoms with Crippen molar-refractivity contribution >= 4 is 23.5 Å². The molecule has 1 fully saturated rings. The standard InChI is InChI=1S/C14H18N4O2S/c1-3-11(13(19)16-12-8-9(2)20-17-12)21-14-15-6-7-18(14)10-4-5-10/h6-8,10-11H,3-5H2,1-2H3,(H,16,17,19)/t11-/m1/s1. The molecule has 0 unspecified atom stereocenters. The van der Waals surface area contributed by atoms with Gasteiger partial charge in [0.25, 0.3) is 0 Å². The molecule has 1 amide bonds. The van der Waals surface area contributed by atoms with E-state index in [4.69, 9.17) is 4.52 Å². The third-order valence-corrected chi connectivity index (χ3v) is 4.72. The van der Waals surface area contributed by atoms with Crippen molar-refractivity contribution in [3.63, 3.8) is 0 Å². The zero-order chi connectivity index (χ0) is 14.8. The van der Waals surface area contributed by atoms with Gasteiger partial charge in [-0.25, -0.2) is 4.98 Å². The van der Waals surface area contributed by atoms with Gasteiger partial charge in [0.2, 0.25) is 5.91 Å². The van der Waals surface area contributed by atoms with Crippen LogP contribution in [0, 0.1) is 6.92 Å². The van der Waals surface area contributed by atoms with E-state index < -0.39 is 0 Å². The minimum atomic E-state index is -0.193. The Morgan fingerprint density at radius 2 is 2.43 bits per heavy atom. The maximum Gasteiger partial charge on any atom is 0.239 e. The topological polar surface area (TPSA) is 73.0 Å². The number of anilines is 1. The summed E-state index contributed by atoms with van der Waals surface area (Å²) < 4.78 is 7.12. The van der Waals surface area contributed by atoms with E-state index in [9.17, 15) is 4.79 Å². The highest BCUT2D eigenvalue weighted by Gasteiger charge is 2.28. The van der Waals surface area contributed by atoms with E-state index in [2.05, 4.69) is 20.0 Å². The van der Waals surface area contributed by atoms with Crippen molar-refractivity contribution in [1.29, 1.82) is 0 Å². The van der Waals surface area contributed by atoms with Gasteiger partial charge < -0.3 is 14.4 Å². The Bertz CT molecular complexity index is 632. The largest absolute Gasteiger partial charge is 0.360 e. The van der Waals surface area contributed by atoms with Gasteiger partial charge in [-0.3, -0.25) is 4.79 Å². The Morgan fingerprint density at radius 3 is 3.05 bits per heavy atom. The van der Waals surface area contributed by atoms with Crippen molar-refractivity contribution < 1.29 is 9.32 Å². The van der Waals surface area contributed by atoms with Crippen molar-refractivity contribution in [2.24, 2.45) is 0 Å². The molecule has 1 aliphatic carbocycles. The molecule has 0 bridgehead atoms. The van der Waals surface area contributed by atoms with Crippen molar-refractivity contribution in [2.45, 2.75) is 49.6 Å². The first-order valence-electron chi connectivity index (χ1n) is 7.11. The lowest BCUT2D eigenvalue weighted by Gasteiger charge is -2.14. The average Bonchev–Trinajstić information content (AvgIpc) is 3.07. The molecule has 0 saturated heterocycles. The second kappa shape index (κ2) is 5.93. The molecule has 1 N–H and O–H groups in total. The molecule has 0 aromatic carbocycles. The monoisotopic (exact) mass is 306 g/mol. The van der Waals surface area contributed by atoms with E-state index in [1.54, 1.807) is 19.2 Å². The quantitative estimate of drug-likeness (QED) is 0.830. The van der Waals surface area contributed by atoms with Gasteiger partial charge in [0.15, 0.2) is 11.0 Å². The molecule has 2 heterocycles. The summed E-state index contributed by atoms with van der Waals surface area (Å²) in [6.45, 7) is 3.79. The van der Waals surface area contributed by atoms with Crippen LogP contribution in [0.4, 0.5) is 5.82 Å². The Balaban J connectivity index is 1.66. The highest BCUT2D eigenvalue weighted by Crippen LogP contribution is 2.38. The smallest absolute Gasteiger partial charge is 0.239 e. The first kappa shape index (κ1) is 14.2. The maximum absolute atomic E-state index is 12.3. The molecule has 6 nitrogen and oxygen atoms in total. The fourth-order valence-electron chi connectivity index (χ4n) is 2.10. The van der Waals surface area contributed by atoms with Crippen molar-refractivity contribution in [2.75, 3.05) is 5.32 Å². The van der Waals surface area contributed by atoms with E-state index in [0.29, 0.717) is 17.6 Å². The lowest BCUT2D eigenvalue weighted by atomic mass is 10.3. The molecule has 0 aliphatic heterocycles. The Morgan fingerprint density at radius 1 is 1.62 bits per heavy atom. The number of carbonyl (C=O) groups excluding carboxylic acids is 1. The number of hydrogen-bond donors (Lipinski definition) is 1. The molecule has 1 saturated carbocycles. The number of nitrogens with one attached hydrogen (secondary N) is 1. The number of aryl methyl sites for hydroxylation is 1. The van der Waals surface area contributed by atoms with Crippen LogP contribution < -0.4 is 5.32 Å². The lowest BCUT2D eigenvalue weighted by Crippen LogP contribution is -2.25. The van der Waals surface area contributed by atoms with Gasteiger partial charge >= 0.3 is 0 Å². The van der Waals surface area contributed by atoms with E-state index in [-0.39, 0.29) is 11.2 Å². The molecule has 2 aromatic heterocycles. The lowest BCUT2D eigenvalue weighted by molar-refractivity contribution is -0.115. The van der Waals surface area contributed by atoms with Gasteiger partial charge in [0.05, 0.1) is 5.25 Å². The minimum Gasteiger partial charge on any atom is -0.360 e. The number of amides is 1. The summed E-state index contributed by atoms with van der Waals surface area (Å²) in [4.78, 5) is 16.7. The molecular weight excluding hydrogens is 288 g/mol. The fourth-order valence-corrected chi connectivity index (χ4v) is 3.14. The van der Waals surface area contributed by atoms with Crippen LogP contribution in [-0.2, 0) is 4.79 Å². The van der Waals surface area contributed by atoms with Gasteiger partial charge in [0.1, 0.15) is 5.76 Å². The summed E-state index contributed by atoms with van der Waals surface area (Å²) in [7, 11) is 0. The third-order valence-electron chi connectivity index (χ3n) is 3.36. The number of imidazole rings is 1. The predicted octanol–water partition coefficient (Wildman–Crippen LogP) is 3.02. The summed E-state index contributed by atoms with van der Waals surface area (Å²) in [6.07, 6.45) is 6.92. The van der Waals surface area contributed by atoms with Crippen LogP contribution in [0.3, 0.4) is 0 Å². The molecule has 21 heavy (non-hydrogen) atoms.